The second-order valence-electron chi connectivity index (χ2n) is 4.05. The van der Waals surface area contributed by atoms with Crippen LogP contribution in [0.25, 0.3) is 5.69 Å². The Morgan fingerprint density at radius 2 is 1.78 bits per heavy atom. The van der Waals surface area contributed by atoms with Gasteiger partial charge in [0.25, 0.3) is 0 Å². The van der Waals surface area contributed by atoms with Crippen LogP contribution in [0.2, 0.25) is 0 Å². The van der Waals surface area contributed by atoms with E-state index in [-0.39, 0.29) is 11.0 Å². The van der Waals surface area contributed by atoms with Gasteiger partial charge in [-0.25, -0.2) is 4.79 Å². The largest absolute Gasteiger partial charge is 0.478 e. The quantitative estimate of drug-likeness (QED) is 0.869. The second-order valence-corrected chi connectivity index (χ2v) is 4.05. The highest BCUT2D eigenvalue weighted by molar-refractivity contribution is 5.87. The number of hydrogen-bond acceptors (Lipinski definition) is 3. The lowest BCUT2D eigenvalue weighted by molar-refractivity contribution is 0.0696. The van der Waals surface area contributed by atoms with Gasteiger partial charge in [-0.2, -0.15) is 0 Å². The molecule has 92 valence electrons. The van der Waals surface area contributed by atoms with E-state index >= 15 is 0 Å². The summed E-state index contributed by atoms with van der Waals surface area (Å²) < 4.78 is 1.79. The number of aromatic carboxylic acids is 1. The summed E-state index contributed by atoms with van der Waals surface area (Å²) in [6.45, 7) is 3.59. The van der Waals surface area contributed by atoms with E-state index in [9.17, 15) is 9.59 Å². The number of carbonyl (C=O) groups is 1. The molecule has 1 N–H and O–H groups in total. The minimum Gasteiger partial charge on any atom is -0.478 e. The highest BCUT2D eigenvalue weighted by Gasteiger charge is 2.08. The molecular weight excluding hydrogens is 232 g/mol. The van der Waals surface area contributed by atoms with Gasteiger partial charge in [0.05, 0.1) is 17.4 Å². The van der Waals surface area contributed by atoms with Crippen LogP contribution in [0, 0.1) is 13.8 Å². The van der Waals surface area contributed by atoms with Crippen molar-refractivity contribution in [3.63, 3.8) is 0 Å². The smallest absolute Gasteiger partial charge is 0.337 e. The molecule has 0 saturated carbocycles. The summed E-state index contributed by atoms with van der Waals surface area (Å²) >= 11 is 0. The molecule has 18 heavy (non-hydrogen) atoms. The van der Waals surface area contributed by atoms with Gasteiger partial charge in [0.2, 0.25) is 0 Å². The van der Waals surface area contributed by atoms with Crippen molar-refractivity contribution in [1.82, 2.24) is 9.55 Å². The lowest BCUT2D eigenvalue weighted by atomic mass is 10.2. The molecule has 0 aromatic carbocycles. The first-order chi connectivity index (χ1) is 8.49. The minimum absolute atomic E-state index is 0.0661. The summed E-state index contributed by atoms with van der Waals surface area (Å²) in [5.74, 6) is -1.03. The summed E-state index contributed by atoms with van der Waals surface area (Å²) in [4.78, 5) is 26.2. The summed E-state index contributed by atoms with van der Waals surface area (Å²) in [5, 5.41) is 8.94. The predicted octanol–water partition coefficient (Wildman–Crippen LogP) is 1.55. The predicted molar refractivity (Wildman–Crippen MR) is 66.3 cm³/mol. The van der Waals surface area contributed by atoms with Crippen molar-refractivity contribution in [3.8, 4) is 5.69 Å². The monoisotopic (exact) mass is 244 g/mol. The van der Waals surface area contributed by atoms with Gasteiger partial charge in [0, 0.05) is 29.7 Å². The number of nitrogens with zero attached hydrogens (tertiary/aromatic N) is 2. The molecule has 0 fully saturated rings. The van der Waals surface area contributed by atoms with Crippen molar-refractivity contribution in [1.29, 1.82) is 0 Å². The Balaban J connectivity index is 2.66. The van der Waals surface area contributed by atoms with Gasteiger partial charge in [-0.3, -0.25) is 9.78 Å². The van der Waals surface area contributed by atoms with E-state index in [1.807, 2.05) is 0 Å². The first-order valence-corrected chi connectivity index (χ1v) is 5.38. The molecule has 2 aromatic rings. The highest BCUT2D eigenvalue weighted by Crippen LogP contribution is 2.13. The summed E-state index contributed by atoms with van der Waals surface area (Å²) in [5.41, 5.74) is 2.16. The van der Waals surface area contributed by atoms with Gasteiger partial charge in [0.1, 0.15) is 0 Å². The van der Waals surface area contributed by atoms with Crippen LogP contribution in [-0.4, -0.2) is 20.6 Å². The van der Waals surface area contributed by atoms with E-state index in [0.29, 0.717) is 5.69 Å². The molecule has 0 radical (unpaired) electrons. The first-order valence-electron chi connectivity index (χ1n) is 5.38. The van der Waals surface area contributed by atoms with E-state index < -0.39 is 5.97 Å². The van der Waals surface area contributed by atoms with Crippen molar-refractivity contribution < 1.29 is 9.90 Å². The van der Waals surface area contributed by atoms with Gasteiger partial charge >= 0.3 is 5.97 Å². The highest BCUT2D eigenvalue weighted by atomic mass is 16.4. The average Bonchev–Trinajstić information content (AvgIpc) is 2.28. The van der Waals surface area contributed by atoms with Gasteiger partial charge < -0.3 is 9.67 Å². The first kappa shape index (κ1) is 12.0. The average molecular weight is 244 g/mol. The number of hydrogen-bond donors (Lipinski definition) is 1. The number of carboxylic acids is 1. The van der Waals surface area contributed by atoms with Crippen molar-refractivity contribution in [2.24, 2.45) is 0 Å². The Bertz CT molecular complexity index is 648. The SMILES string of the molecule is Cc1cc(=O)cc(C)n1-c1cncc(C(=O)O)c1. The maximum absolute atomic E-state index is 11.3. The van der Waals surface area contributed by atoms with Crippen LogP contribution in [-0.2, 0) is 0 Å². The number of aromatic nitrogens is 2. The molecule has 0 unspecified atom stereocenters. The van der Waals surface area contributed by atoms with Crippen molar-refractivity contribution in [3.05, 3.63) is 57.8 Å². The van der Waals surface area contributed by atoms with Crippen LogP contribution in [0.1, 0.15) is 21.7 Å². The van der Waals surface area contributed by atoms with Crippen molar-refractivity contribution >= 4 is 5.97 Å². The molecule has 5 nitrogen and oxygen atoms in total. The summed E-state index contributed by atoms with van der Waals surface area (Å²) in [6, 6.07) is 4.53. The molecule has 0 amide bonds. The maximum Gasteiger partial charge on any atom is 0.337 e. The molecule has 0 atom stereocenters. The third kappa shape index (κ3) is 2.15. The maximum atomic E-state index is 11.3. The normalized spacial score (nSPS) is 10.3. The molecule has 0 aliphatic carbocycles. The summed E-state index contributed by atoms with van der Waals surface area (Å²) in [7, 11) is 0. The topological polar surface area (TPSA) is 72.2 Å². The van der Waals surface area contributed by atoms with Crippen LogP contribution < -0.4 is 5.43 Å². The van der Waals surface area contributed by atoms with Crippen LogP contribution in [0.4, 0.5) is 0 Å². The standard InChI is InChI=1S/C13H12N2O3/c1-8-3-12(16)4-9(2)15(8)11-5-10(13(17)18)6-14-7-11/h3-7H,1-2H3,(H,17,18). The Kier molecular flexibility index (Phi) is 2.97. The van der Waals surface area contributed by atoms with Crippen molar-refractivity contribution in [2.45, 2.75) is 13.8 Å². The second kappa shape index (κ2) is 4.44. The molecule has 2 aromatic heterocycles. The lowest BCUT2D eigenvalue weighted by Gasteiger charge is -2.14. The van der Waals surface area contributed by atoms with Gasteiger partial charge in [-0.15, -0.1) is 0 Å². The fraction of sp³-hybridized carbons (Fsp3) is 0.154. The zero-order valence-corrected chi connectivity index (χ0v) is 10.0. The molecule has 0 spiro atoms. The van der Waals surface area contributed by atoms with Crippen LogP contribution >= 0.6 is 0 Å². The van der Waals surface area contributed by atoms with E-state index in [0.717, 1.165) is 11.4 Å². The Morgan fingerprint density at radius 1 is 1.17 bits per heavy atom. The number of aryl methyl sites for hydroxylation is 2. The molecule has 0 saturated heterocycles. The number of pyridine rings is 2. The zero-order chi connectivity index (χ0) is 13.3. The Labute approximate surface area is 103 Å². The molecule has 2 heterocycles. The van der Waals surface area contributed by atoms with Crippen LogP contribution in [0.3, 0.4) is 0 Å². The lowest BCUT2D eigenvalue weighted by Crippen LogP contribution is -2.12. The van der Waals surface area contributed by atoms with Gasteiger partial charge in [-0.05, 0) is 19.9 Å². The molecule has 2 rings (SSSR count). The van der Waals surface area contributed by atoms with Crippen LogP contribution in [0.5, 0.6) is 0 Å². The van der Waals surface area contributed by atoms with E-state index in [1.165, 1.54) is 24.4 Å². The molecule has 0 bridgehead atoms. The van der Waals surface area contributed by atoms with Crippen LogP contribution in [0.15, 0.2) is 35.4 Å². The summed E-state index contributed by atoms with van der Waals surface area (Å²) in [6.07, 6.45) is 2.86. The van der Waals surface area contributed by atoms with Crippen molar-refractivity contribution in [2.75, 3.05) is 0 Å². The molecular formula is C13H12N2O3. The van der Waals surface area contributed by atoms with Gasteiger partial charge in [0.15, 0.2) is 5.43 Å². The zero-order valence-electron chi connectivity index (χ0n) is 10.0. The van der Waals surface area contributed by atoms with E-state index in [2.05, 4.69) is 4.98 Å². The number of rotatable bonds is 2. The fourth-order valence-corrected chi connectivity index (χ4v) is 1.93. The fourth-order valence-electron chi connectivity index (χ4n) is 1.93. The molecule has 0 aliphatic rings. The molecule has 5 heteroatoms. The third-order valence-corrected chi connectivity index (χ3v) is 2.64. The Morgan fingerprint density at radius 3 is 2.33 bits per heavy atom. The van der Waals surface area contributed by atoms with E-state index in [4.69, 9.17) is 5.11 Å². The molecule has 0 aliphatic heterocycles. The minimum atomic E-state index is -1.03. The van der Waals surface area contributed by atoms with E-state index in [1.54, 1.807) is 24.6 Å². The third-order valence-electron chi connectivity index (χ3n) is 2.64. The Hall–Kier alpha value is -2.43. The van der Waals surface area contributed by atoms with Gasteiger partial charge in [-0.1, -0.05) is 0 Å². The number of carboxylic acid groups (broad SMARTS) is 1.